The van der Waals surface area contributed by atoms with Crippen molar-refractivity contribution in [3.05, 3.63) is 71.8 Å². The van der Waals surface area contributed by atoms with Crippen molar-refractivity contribution in [2.75, 3.05) is 0 Å². The number of halogens is 3. The van der Waals surface area contributed by atoms with Gasteiger partial charge in [0, 0.05) is 6.20 Å². The molecule has 0 unspecified atom stereocenters. The summed E-state index contributed by atoms with van der Waals surface area (Å²) in [6, 6.07) is 11.0. The Hall–Kier alpha value is -3.23. The van der Waals surface area contributed by atoms with Gasteiger partial charge in [-0.25, -0.2) is 0 Å². The van der Waals surface area contributed by atoms with Gasteiger partial charge >= 0.3 is 6.18 Å². The van der Waals surface area contributed by atoms with Crippen LogP contribution in [0, 0.1) is 0 Å². The highest BCUT2D eigenvalue weighted by Crippen LogP contribution is 2.27. The van der Waals surface area contributed by atoms with E-state index in [4.69, 9.17) is 0 Å². The average Bonchev–Trinajstić information content (AvgIpc) is 3.10. The van der Waals surface area contributed by atoms with Crippen molar-refractivity contribution >= 4 is 5.91 Å². The molecule has 0 fully saturated rings. The van der Waals surface area contributed by atoms with Crippen LogP contribution in [0.15, 0.2) is 54.9 Å². The van der Waals surface area contributed by atoms with Crippen LogP contribution in [0.5, 0.6) is 0 Å². The monoisotopic (exact) mass is 375 g/mol. The number of nitrogens with one attached hydrogen (secondary N) is 1. The van der Waals surface area contributed by atoms with Crippen molar-refractivity contribution in [3.63, 3.8) is 0 Å². The second-order valence-corrected chi connectivity index (χ2v) is 5.90. The first-order valence-electron chi connectivity index (χ1n) is 8.12. The molecule has 0 aliphatic rings. The minimum atomic E-state index is -4.49. The molecule has 1 aromatic carbocycles. The summed E-state index contributed by atoms with van der Waals surface area (Å²) in [6.07, 6.45) is -1.88. The number of hydrogen-bond acceptors (Lipinski definition) is 4. The fraction of sp³-hybridized carbons (Fsp3) is 0.222. The zero-order valence-electron chi connectivity index (χ0n) is 14.3. The van der Waals surface area contributed by atoms with Crippen molar-refractivity contribution in [3.8, 4) is 5.69 Å². The van der Waals surface area contributed by atoms with Crippen LogP contribution >= 0.6 is 0 Å². The van der Waals surface area contributed by atoms with Crippen LogP contribution in [-0.4, -0.2) is 25.9 Å². The van der Waals surface area contributed by atoms with Gasteiger partial charge in [-0.1, -0.05) is 24.3 Å². The molecule has 2 heterocycles. The van der Waals surface area contributed by atoms with Crippen LogP contribution in [0.4, 0.5) is 13.2 Å². The second-order valence-electron chi connectivity index (χ2n) is 5.90. The van der Waals surface area contributed by atoms with Gasteiger partial charge < -0.3 is 5.32 Å². The summed E-state index contributed by atoms with van der Waals surface area (Å²) >= 11 is 0. The van der Waals surface area contributed by atoms with E-state index in [1.54, 1.807) is 6.92 Å². The molecule has 0 saturated carbocycles. The van der Waals surface area contributed by atoms with Crippen LogP contribution in [0.2, 0.25) is 0 Å². The Bertz CT molecular complexity index is 907. The number of alkyl halides is 3. The molecule has 2 aromatic heterocycles. The number of aromatic nitrogens is 4. The van der Waals surface area contributed by atoms with Crippen molar-refractivity contribution in [1.82, 2.24) is 25.3 Å². The Kier molecular flexibility index (Phi) is 5.20. The van der Waals surface area contributed by atoms with Crippen molar-refractivity contribution in [2.24, 2.45) is 0 Å². The number of carbonyl (C=O) groups excluding carboxylic acids is 1. The van der Waals surface area contributed by atoms with Crippen molar-refractivity contribution < 1.29 is 18.0 Å². The predicted octanol–water partition coefficient (Wildman–Crippen LogP) is 3.10. The van der Waals surface area contributed by atoms with E-state index in [0.717, 1.165) is 18.0 Å². The number of nitrogens with zero attached hydrogens (tertiary/aromatic N) is 4. The van der Waals surface area contributed by atoms with Crippen LogP contribution < -0.4 is 5.32 Å². The molecule has 140 valence electrons. The Labute approximate surface area is 153 Å². The Morgan fingerprint density at radius 3 is 2.52 bits per heavy atom. The van der Waals surface area contributed by atoms with Gasteiger partial charge in [0.15, 0.2) is 0 Å². The molecule has 0 bridgehead atoms. The molecule has 0 spiro atoms. The molecule has 0 aliphatic carbocycles. The van der Waals surface area contributed by atoms with E-state index in [0.29, 0.717) is 11.3 Å². The minimum absolute atomic E-state index is 0.00520. The second kappa shape index (κ2) is 7.56. The van der Waals surface area contributed by atoms with Gasteiger partial charge in [-0.3, -0.25) is 9.78 Å². The molecule has 1 N–H and O–H groups in total. The predicted molar refractivity (Wildman–Crippen MR) is 90.9 cm³/mol. The van der Waals surface area contributed by atoms with Crippen molar-refractivity contribution in [2.45, 2.75) is 25.6 Å². The highest BCUT2D eigenvalue weighted by Gasteiger charge is 2.32. The van der Waals surface area contributed by atoms with Gasteiger partial charge in [-0.05, 0) is 30.7 Å². The summed E-state index contributed by atoms with van der Waals surface area (Å²) in [5.41, 5.74) is 0.758. The van der Waals surface area contributed by atoms with Crippen molar-refractivity contribution in [1.29, 1.82) is 0 Å². The maximum absolute atomic E-state index is 12.6. The van der Waals surface area contributed by atoms with E-state index in [1.165, 1.54) is 17.1 Å². The van der Waals surface area contributed by atoms with Gasteiger partial charge in [0.2, 0.25) is 5.91 Å². The first kappa shape index (κ1) is 18.6. The summed E-state index contributed by atoms with van der Waals surface area (Å²) in [5.74, 6) is -0.317. The number of amides is 1. The Balaban J connectivity index is 1.60. The van der Waals surface area contributed by atoms with E-state index >= 15 is 0 Å². The van der Waals surface area contributed by atoms with E-state index in [9.17, 15) is 18.0 Å². The fourth-order valence-corrected chi connectivity index (χ4v) is 2.43. The SMILES string of the molecule is C[C@H](NC(=O)Cc1cnn(-c2ccccc2)n1)c1ccc(C(F)(F)F)nc1. The first-order valence-corrected chi connectivity index (χ1v) is 8.12. The molecule has 1 amide bonds. The molecule has 6 nitrogen and oxygen atoms in total. The summed E-state index contributed by atoms with van der Waals surface area (Å²) < 4.78 is 37.7. The smallest absolute Gasteiger partial charge is 0.349 e. The molecule has 9 heteroatoms. The number of rotatable bonds is 5. The molecule has 3 aromatic rings. The van der Waals surface area contributed by atoms with E-state index in [2.05, 4.69) is 20.5 Å². The molecule has 3 rings (SSSR count). The standard InChI is InChI=1S/C18H16F3N5O/c1-12(13-7-8-16(22-10-13)18(19,20)21)24-17(27)9-14-11-23-26(25-14)15-5-3-2-4-6-15/h2-8,10-12H,9H2,1H3,(H,24,27)/t12-/m0/s1. The first-order chi connectivity index (χ1) is 12.8. The topological polar surface area (TPSA) is 72.7 Å². The number of hydrogen-bond donors (Lipinski definition) is 1. The summed E-state index contributed by atoms with van der Waals surface area (Å²) in [5, 5.41) is 11.1. The molecule has 0 aliphatic heterocycles. The third-order valence-corrected chi connectivity index (χ3v) is 3.82. The maximum Gasteiger partial charge on any atom is 0.433 e. The lowest BCUT2D eigenvalue weighted by atomic mass is 10.1. The van der Waals surface area contributed by atoms with Crippen LogP contribution in [0.1, 0.15) is 29.9 Å². The zero-order valence-corrected chi connectivity index (χ0v) is 14.3. The van der Waals surface area contributed by atoms with E-state index < -0.39 is 17.9 Å². The number of para-hydroxylation sites is 1. The van der Waals surface area contributed by atoms with Gasteiger partial charge in [0.05, 0.1) is 30.0 Å². The summed E-state index contributed by atoms with van der Waals surface area (Å²) in [6.45, 7) is 1.67. The van der Waals surface area contributed by atoms with Gasteiger partial charge in [0.25, 0.3) is 0 Å². The van der Waals surface area contributed by atoms with Gasteiger partial charge in [-0.2, -0.15) is 28.2 Å². The van der Waals surface area contributed by atoms with Gasteiger partial charge in [0.1, 0.15) is 5.69 Å². The maximum atomic E-state index is 12.6. The zero-order chi connectivity index (χ0) is 19.4. The lowest BCUT2D eigenvalue weighted by molar-refractivity contribution is -0.141. The molecule has 1 atom stereocenters. The highest BCUT2D eigenvalue weighted by molar-refractivity contribution is 5.78. The third kappa shape index (κ3) is 4.69. The van der Waals surface area contributed by atoms with E-state index in [-0.39, 0.29) is 12.3 Å². The molecule has 0 radical (unpaired) electrons. The molecular formula is C18H16F3N5O. The molecule has 27 heavy (non-hydrogen) atoms. The average molecular weight is 375 g/mol. The summed E-state index contributed by atoms with van der Waals surface area (Å²) in [7, 11) is 0. The minimum Gasteiger partial charge on any atom is -0.349 e. The molecular weight excluding hydrogens is 359 g/mol. The number of pyridine rings is 1. The van der Waals surface area contributed by atoms with Gasteiger partial charge in [-0.15, -0.1) is 0 Å². The lowest BCUT2D eigenvalue weighted by Crippen LogP contribution is -2.28. The van der Waals surface area contributed by atoms with Crippen LogP contribution in [0.25, 0.3) is 5.69 Å². The Morgan fingerprint density at radius 2 is 1.89 bits per heavy atom. The fourth-order valence-electron chi connectivity index (χ4n) is 2.43. The largest absolute Gasteiger partial charge is 0.433 e. The number of benzene rings is 1. The van der Waals surface area contributed by atoms with E-state index in [1.807, 2.05) is 30.3 Å². The quantitative estimate of drug-likeness (QED) is 0.744. The summed E-state index contributed by atoms with van der Waals surface area (Å²) in [4.78, 5) is 17.0. The van der Waals surface area contributed by atoms with Crippen LogP contribution in [0.3, 0.4) is 0 Å². The lowest BCUT2D eigenvalue weighted by Gasteiger charge is -2.14. The number of carbonyl (C=O) groups is 1. The molecule has 0 saturated heterocycles. The third-order valence-electron chi connectivity index (χ3n) is 3.82. The Morgan fingerprint density at radius 1 is 1.15 bits per heavy atom. The highest BCUT2D eigenvalue weighted by atomic mass is 19.4. The normalized spacial score (nSPS) is 12.6. The van der Waals surface area contributed by atoms with Crippen LogP contribution in [-0.2, 0) is 17.4 Å².